The Kier molecular flexibility index (Phi) is 1.37. The Labute approximate surface area is 63.7 Å². The number of pyridine rings is 1. The fraction of sp³-hybridized carbons (Fsp3) is 0. The predicted molar refractivity (Wildman–Crippen MR) is 41.4 cm³/mol. The molecule has 1 aromatic heterocycles. The molecule has 53 valence electrons. The highest BCUT2D eigenvalue weighted by atomic mass is 15.4. The van der Waals surface area contributed by atoms with Crippen LogP contribution in [0.3, 0.4) is 0 Å². The first-order chi connectivity index (χ1) is 5.47. The van der Waals surface area contributed by atoms with Gasteiger partial charge in [-0.25, -0.2) is 4.99 Å². The molecule has 0 amide bonds. The van der Waals surface area contributed by atoms with Gasteiger partial charge in [0.2, 0.25) is 0 Å². The zero-order valence-corrected chi connectivity index (χ0v) is 5.68. The van der Waals surface area contributed by atoms with Crippen LogP contribution in [0.25, 0.3) is 0 Å². The lowest BCUT2D eigenvalue weighted by atomic mass is 10.2. The first-order valence-electron chi connectivity index (χ1n) is 3.17. The molecule has 0 N–H and O–H groups in total. The van der Waals surface area contributed by atoms with Crippen molar-refractivity contribution >= 4 is 12.2 Å². The second-order valence-electron chi connectivity index (χ2n) is 2.02. The van der Waals surface area contributed by atoms with Crippen LogP contribution in [-0.4, -0.2) is 17.2 Å². The fourth-order valence-electron chi connectivity index (χ4n) is 0.820. The van der Waals surface area contributed by atoms with E-state index >= 15 is 0 Å². The van der Waals surface area contributed by atoms with Crippen molar-refractivity contribution in [2.75, 3.05) is 0 Å². The lowest BCUT2D eigenvalue weighted by Gasteiger charge is -1.92. The average molecular weight is 145 g/mol. The predicted octanol–water partition coefficient (Wildman–Crippen LogP) is 0.389. The summed E-state index contributed by atoms with van der Waals surface area (Å²) in [6.45, 7) is 0. The molecule has 2 rings (SSSR count). The Hall–Kier alpha value is -1.71. The van der Waals surface area contributed by atoms with Crippen molar-refractivity contribution in [1.29, 1.82) is 0 Å². The molecule has 1 aliphatic heterocycles. The maximum absolute atomic E-state index is 3.94. The van der Waals surface area contributed by atoms with Crippen LogP contribution in [0, 0.1) is 0 Å². The molecule has 1 aliphatic rings. The lowest BCUT2D eigenvalue weighted by Crippen LogP contribution is -1.93. The largest absolute Gasteiger partial charge is 0.265 e. The van der Waals surface area contributed by atoms with Crippen molar-refractivity contribution in [3.63, 3.8) is 0 Å². The van der Waals surface area contributed by atoms with E-state index in [0.29, 0.717) is 5.84 Å². The van der Waals surface area contributed by atoms with Crippen molar-refractivity contribution in [2.45, 2.75) is 0 Å². The van der Waals surface area contributed by atoms with Crippen molar-refractivity contribution in [2.24, 2.45) is 10.1 Å². The molecule has 0 saturated heterocycles. The Balaban J connectivity index is 2.37. The van der Waals surface area contributed by atoms with E-state index in [2.05, 4.69) is 20.5 Å². The summed E-state index contributed by atoms with van der Waals surface area (Å²) in [5.74, 6) is 0.646. The standard InChI is InChI=1S/C7H5N4/c1-3-8-4-2-6(1)7-9-5-10-11-7/h1-5H. The van der Waals surface area contributed by atoms with Crippen LogP contribution in [0.5, 0.6) is 0 Å². The van der Waals surface area contributed by atoms with Gasteiger partial charge in [-0.15, -0.1) is 10.5 Å². The minimum atomic E-state index is 0.646. The summed E-state index contributed by atoms with van der Waals surface area (Å²) < 4.78 is 0. The number of amidine groups is 1. The van der Waals surface area contributed by atoms with E-state index in [4.69, 9.17) is 0 Å². The van der Waals surface area contributed by atoms with Crippen molar-refractivity contribution < 1.29 is 0 Å². The number of rotatable bonds is 1. The van der Waals surface area contributed by atoms with Crippen molar-refractivity contribution in [3.05, 3.63) is 30.1 Å². The number of hydrogen-bond donors (Lipinski definition) is 0. The van der Waals surface area contributed by atoms with E-state index in [1.807, 2.05) is 12.1 Å². The second-order valence-corrected chi connectivity index (χ2v) is 2.02. The Bertz CT molecular complexity index is 301. The van der Waals surface area contributed by atoms with Crippen LogP contribution in [0.15, 0.2) is 34.6 Å². The third-order valence-electron chi connectivity index (χ3n) is 1.32. The van der Waals surface area contributed by atoms with Gasteiger partial charge >= 0.3 is 0 Å². The summed E-state index contributed by atoms with van der Waals surface area (Å²) in [5.41, 5.74) is 4.56. The summed E-state index contributed by atoms with van der Waals surface area (Å²) in [6.07, 6.45) is 4.83. The minimum Gasteiger partial charge on any atom is -0.265 e. The fourth-order valence-corrected chi connectivity index (χ4v) is 0.820. The normalized spacial score (nSPS) is 14.4. The van der Waals surface area contributed by atoms with Crippen LogP contribution < -0.4 is 5.43 Å². The molecule has 4 nitrogen and oxygen atoms in total. The van der Waals surface area contributed by atoms with Crippen molar-refractivity contribution in [1.82, 2.24) is 10.4 Å². The van der Waals surface area contributed by atoms with Gasteiger partial charge in [0.25, 0.3) is 0 Å². The van der Waals surface area contributed by atoms with E-state index in [9.17, 15) is 0 Å². The number of hydrogen-bond acceptors (Lipinski definition) is 3. The molecule has 0 bridgehead atoms. The number of aromatic nitrogens is 1. The van der Waals surface area contributed by atoms with Gasteiger partial charge in [0, 0.05) is 18.0 Å². The molecule has 0 atom stereocenters. The van der Waals surface area contributed by atoms with Crippen molar-refractivity contribution in [3.8, 4) is 0 Å². The van der Waals surface area contributed by atoms with Crippen LogP contribution >= 0.6 is 0 Å². The SMILES string of the molecule is C1=NC(c2ccncc2)=N[N]1. The quantitative estimate of drug-likeness (QED) is 0.564. The van der Waals surface area contributed by atoms with E-state index in [1.165, 1.54) is 6.34 Å². The highest BCUT2D eigenvalue weighted by Gasteiger charge is 2.03. The summed E-state index contributed by atoms with van der Waals surface area (Å²) in [4.78, 5) is 7.82. The Morgan fingerprint density at radius 3 is 2.55 bits per heavy atom. The molecule has 0 aromatic carbocycles. The monoisotopic (exact) mass is 145 g/mol. The minimum absolute atomic E-state index is 0.646. The first-order valence-corrected chi connectivity index (χ1v) is 3.17. The summed E-state index contributed by atoms with van der Waals surface area (Å²) in [6, 6.07) is 3.69. The smallest absolute Gasteiger partial charge is 0.183 e. The molecule has 0 aliphatic carbocycles. The maximum atomic E-state index is 3.94. The Morgan fingerprint density at radius 1 is 1.09 bits per heavy atom. The average Bonchev–Trinajstić information content (AvgIpc) is 2.58. The zero-order valence-electron chi connectivity index (χ0n) is 5.68. The molecule has 0 fully saturated rings. The van der Waals surface area contributed by atoms with Gasteiger partial charge in [0.1, 0.15) is 6.34 Å². The molecule has 2 heterocycles. The number of nitrogens with zero attached hydrogens (tertiary/aromatic N) is 4. The molecule has 0 spiro atoms. The molecule has 1 radical (unpaired) electrons. The first kappa shape index (κ1) is 6.03. The number of aliphatic imine (C=N–C) groups is 1. The summed E-state index contributed by atoms with van der Waals surface area (Å²) >= 11 is 0. The van der Waals surface area contributed by atoms with Crippen LogP contribution in [-0.2, 0) is 0 Å². The van der Waals surface area contributed by atoms with E-state index in [1.54, 1.807) is 12.4 Å². The molecular formula is C7H5N4. The lowest BCUT2D eigenvalue weighted by molar-refractivity contribution is 1.06. The summed E-state index contributed by atoms with van der Waals surface area (Å²) in [5, 5.41) is 3.80. The molecule has 11 heavy (non-hydrogen) atoms. The van der Waals surface area contributed by atoms with Crippen LogP contribution in [0.2, 0.25) is 0 Å². The van der Waals surface area contributed by atoms with Crippen LogP contribution in [0.4, 0.5) is 0 Å². The second kappa shape index (κ2) is 2.49. The zero-order chi connectivity index (χ0) is 7.52. The maximum Gasteiger partial charge on any atom is 0.183 e. The topological polar surface area (TPSA) is 51.7 Å². The van der Waals surface area contributed by atoms with E-state index in [-0.39, 0.29) is 0 Å². The molecule has 4 heteroatoms. The van der Waals surface area contributed by atoms with Gasteiger partial charge in [-0.2, -0.15) is 0 Å². The highest BCUT2D eigenvalue weighted by molar-refractivity contribution is 6.04. The van der Waals surface area contributed by atoms with Gasteiger partial charge in [-0.05, 0) is 12.1 Å². The van der Waals surface area contributed by atoms with E-state index in [0.717, 1.165) is 5.56 Å². The highest BCUT2D eigenvalue weighted by Crippen LogP contribution is 2.01. The van der Waals surface area contributed by atoms with Gasteiger partial charge < -0.3 is 0 Å². The van der Waals surface area contributed by atoms with Crippen LogP contribution in [0.1, 0.15) is 5.56 Å². The van der Waals surface area contributed by atoms with Gasteiger partial charge in [-0.1, -0.05) is 0 Å². The molecule has 0 unspecified atom stereocenters. The molecule has 1 aromatic rings. The molecule has 0 saturated carbocycles. The summed E-state index contributed by atoms with van der Waals surface area (Å²) in [7, 11) is 0. The van der Waals surface area contributed by atoms with Gasteiger partial charge in [0.15, 0.2) is 5.84 Å². The molecular weight excluding hydrogens is 140 g/mol. The third kappa shape index (κ3) is 1.10. The van der Waals surface area contributed by atoms with Gasteiger partial charge in [0.05, 0.1) is 0 Å². The van der Waals surface area contributed by atoms with Gasteiger partial charge in [-0.3, -0.25) is 4.98 Å². The van der Waals surface area contributed by atoms with E-state index < -0.39 is 0 Å². The third-order valence-corrected chi connectivity index (χ3v) is 1.32. The Morgan fingerprint density at radius 2 is 1.91 bits per heavy atom.